The van der Waals surface area contributed by atoms with Gasteiger partial charge in [0.1, 0.15) is 0 Å². The molecule has 3 rings (SSSR count). The molecule has 1 aromatic carbocycles. The quantitative estimate of drug-likeness (QED) is 0.861. The standard InChI is InChI=1S/C19H30N2/c1-15(2)20-11-10-16-6-8-17(9-7-16)12-21-13-18-4-3-5-19(18)14-21/h6-9,15,18-20H,3-5,10-14H2,1-2H3. The Balaban J connectivity index is 1.46. The van der Waals surface area contributed by atoms with Crippen LogP contribution in [0.15, 0.2) is 24.3 Å². The minimum atomic E-state index is 0.582. The van der Waals surface area contributed by atoms with Gasteiger partial charge in [0.15, 0.2) is 0 Å². The van der Waals surface area contributed by atoms with Gasteiger partial charge in [0.2, 0.25) is 0 Å². The van der Waals surface area contributed by atoms with E-state index in [0.29, 0.717) is 6.04 Å². The topological polar surface area (TPSA) is 15.3 Å². The molecule has 2 fully saturated rings. The van der Waals surface area contributed by atoms with Crippen LogP contribution < -0.4 is 5.32 Å². The summed E-state index contributed by atoms with van der Waals surface area (Å²) < 4.78 is 0. The Kier molecular flexibility index (Phi) is 4.97. The van der Waals surface area contributed by atoms with Crippen molar-refractivity contribution in [2.45, 2.75) is 52.1 Å². The lowest BCUT2D eigenvalue weighted by atomic mass is 10.0. The van der Waals surface area contributed by atoms with Gasteiger partial charge in [-0.05, 0) is 48.8 Å². The van der Waals surface area contributed by atoms with E-state index in [1.165, 1.54) is 43.5 Å². The lowest BCUT2D eigenvalue weighted by molar-refractivity contribution is 0.303. The van der Waals surface area contributed by atoms with Crippen LogP contribution in [-0.4, -0.2) is 30.6 Å². The molecule has 1 saturated heterocycles. The molecule has 1 saturated carbocycles. The normalized spacial score (nSPS) is 25.7. The highest BCUT2D eigenvalue weighted by Gasteiger charge is 2.35. The zero-order valence-electron chi connectivity index (χ0n) is 13.6. The summed E-state index contributed by atoms with van der Waals surface area (Å²) in [5.41, 5.74) is 2.93. The molecule has 0 aromatic heterocycles. The highest BCUT2D eigenvalue weighted by atomic mass is 15.2. The highest BCUT2D eigenvalue weighted by molar-refractivity contribution is 5.23. The van der Waals surface area contributed by atoms with Crippen molar-refractivity contribution in [3.63, 3.8) is 0 Å². The van der Waals surface area contributed by atoms with Crippen LogP contribution in [0.2, 0.25) is 0 Å². The van der Waals surface area contributed by atoms with Crippen LogP contribution >= 0.6 is 0 Å². The summed E-state index contributed by atoms with van der Waals surface area (Å²) in [6.45, 7) is 9.31. The van der Waals surface area contributed by atoms with Crippen molar-refractivity contribution >= 4 is 0 Å². The third kappa shape index (κ3) is 4.08. The molecule has 1 aliphatic heterocycles. The zero-order chi connectivity index (χ0) is 14.7. The summed E-state index contributed by atoms with van der Waals surface area (Å²) in [5, 5.41) is 3.48. The molecule has 1 N–H and O–H groups in total. The Bertz CT molecular complexity index is 425. The first kappa shape index (κ1) is 15.1. The van der Waals surface area contributed by atoms with Gasteiger partial charge < -0.3 is 5.32 Å². The van der Waals surface area contributed by atoms with Gasteiger partial charge in [-0.1, -0.05) is 44.5 Å². The third-order valence-electron chi connectivity index (χ3n) is 5.20. The SMILES string of the molecule is CC(C)NCCc1ccc(CN2CC3CCCC3C2)cc1. The van der Waals surface area contributed by atoms with E-state index in [9.17, 15) is 0 Å². The average Bonchev–Trinajstić information content (AvgIpc) is 3.01. The fourth-order valence-electron chi connectivity index (χ4n) is 4.04. The van der Waals surface area contributed by atoms with E-state index in [1.54, 1.807) is 0 Å². The monoisotopic (exact) mass is 286 g/mol. The van der Waals surface area contributed by atoms with Gasteiger partial charge in [-0.3, -0.25) is 4.90 Å². The number of rotatable bonds is 6. The second kappa shape index (κ2) is 6.93. The average molecular weight is 286 g/mol. The van der Waals surface area contributed by atoms with Crippen LogP contribution in [0.3, 0.4) is 0 Å². The zero-order valence-corrected chi connectivity index (χ0v) is 13.6. The molecule has 2 nitrogen and oxygen atoms in total. The molecular formula is C19H30N2. The van der Waals surface area contributed by atoms with E-state index in [4.69, 9.17) is 0 Å². The van der Waals surface area contributed by atoms with E-state index >= 15 is 0 Å². The lowest BCUT2D eigenvalue weighted by Crippen LogP contribution is -2.25. The summed E-state index contributed by atoms with van der Waals surface area (Å²) in [6, 6.07) is 9.87. The number of hydrogen-bond acceptors (Lipinski definition) is 2. The van der Waals surface area contributed by atoms with Crippen molar-refractivity contribution in [3.8, 4) is 0 Å². The van der Waals surface area contributed by atoms with Crippen LogP contribution in [0.5, 0.6) is 0 Å². The van der Waals surface area contributed by atoms with Crippen LogP contribution in [0.1, 0.15) is 44.2 Å². The Morgan fingerprint density at radius 1 is 1.05 bits per heavy atom. The van der Waals surface area contributed by atoms with Gasteiger partial charge >= 0.3 is 0 Å². The maximum atomic E-state index is 3.48. The molecule has 116 valence electrons. The molecule has 21 heavy (non-hydrogen) atoms. The van der Waals surface area contributed by atoms with E-state index < -0.39 is 0 Å². The van der Waals surface area contributed by atoms with Gasteiger partial charge in [-0.25, -0.2) is 0 Å². The summed E-state index contributed by atoms with van der Waals surface area (Å²) in [5.74, 6) is 2.01. The first-order valence-corrected chi connectivity index (χ1v) is 8.74. The van der Waals surface area contributed by atoms with Crippen molar-refractivity contribution in [3.05, 3.63) is 35.4 Å². The number of likely N-dealkylation sites (tertiary alicyclic amines) is 1. The molecule has 2 heteroatoms. The summed E-state index contributed by atoms with van der Waals surface area (Å²) in [7, 11) is 0. The van der Waals surface area contributed by atoms with Crippen molar-refractivity contribution in [1.82, 2.24) is 10.2 Å². The van der Waals surface area contributed by atoms with Crippen LogP contribution in [0.4, 0.5) is 0 Å². The molecular weight excluding hydrogens is 256 g/mol. The fraction of sp³-hybridized carbons (Fsp3) is 0.684. The summed E-state index contributed by atoms with van der Waals surface area (Å²) >= 11 is 0. The molecule has 2 unspecified atom stereocenters. The third-order valence-corrected chi connectivity index (χ3v) is 5.20. The van der Waals surface area contributed by atoms with Crippen molar-refractivity contribution in [2.24, 2.45) is 11.8 Å². The molecule has 0 bridgehead atoms. The van der Waals surface area contributed by atoms with E-state index in [1.807, 2.05) is 0 Å². The number of benzene rings is 1. The molecule has 1 heterocycles. The predicted octanol–water partition coefficient (Wildman–Crippen LogP) is 3.46. The predicted molar refractivity (Wildman–Crippen MR) is 89.4 cm³/mol. The number of fused-ring (bicyclic) bond motifs is 1. The van der Waals surface area contributed by atoms with Crippen molar-refractivity contribution in [2.75, 3.05) is 19.6 Å². The second-order valence-corrected chi connectivity index (χ2v) is 7.32. The first-order chi connectivity index (χ1) is 10.2. The minimum absolute atomic E-state index is 0.582. The molecule has 2 aliphatic rings. The van der Waals surface area contributed by atoms with E-state index in [-0.39, 0.29) is 0 Å². The molecule has 0 spiro atoms. The number of hydrogen-bond donors (Lipinski definition) is 1. The van der Waals surface area contributed by atoms with Crippen molar-refractivity contribution in [1.29, 1.82) is 0 Å². The molecule has 1 aliphatic carbocycles. The molecule has 0 radical (unpaired) electrons. The summed E-state index contributed by atoms with van der Waals surface area (Å²) in [6.07, 6.45) is 5.56. The summed E-state index contributed by atoms with van der Waals surface area (Å²) in [4.78, 5) is 2.67. The maximum absolute atomic E-state index is 3.48. The van der Waals surface area contributed by atoms with Gasteiger partial charge in [0.25, 0.3) is 0 Å². The van der Waals surface area contributed by atoms with Gasteiger partial charge in [0, 0.05) is 25.7 Å². The Morgan fingerprint density at radius 3 is 2.29 bits per heavy atom. The Morgan fingerprint density at radius 2 is 1.67 bits per heavy atom. The molecule has 0 amide bonds. The van der Waals surface area contributed by atoms with Crippen LogP contribution in [-0.2, 0) is 13.0 Å². The van der Waals surface area contributed by atoms with E-state index in [0.717, 1.165) is 31.3 Å². The van der Waals surface area contributed by atoms with Crippen LogP contribution in [0.25, 0.3) is 0 Å². The Labute approximate surface area is 129 Å². The molecule has 1 aromatic rings. The van der Waals surface area contributed by atoms with Gasteiger partial charge in [-0.2, -0.15) is 0 Å². The van der Waals surface area contributed by atoms with Gasteiger partial charge in [-0.15, -0.1) is 0 Å². The maximum Gasteiger partial charge on any atom is 0.0233 e. The second-order valence-electron chi connectivity index (χ2n) is 7.32. The smallest absolute Gasteiger partial charge is 0.0233 e. The number of nitrogens with one attached hydrogen (secondary N) is 1. The largest absolute Gasteiger partial charge is 0.314 e. The Hall–Kier alpha value is -0.860. The van der Waals surface area contributed by atoms with Crippen LogP contribution in [0, 0.1) is 11.8 Å². The molecule has 2 atom stereocenters. The van der Waals surface area contributed by atoms with E-state index in [2.05, 4.69) is 48.3 Å². The van der Waals surface area contributed by atoms with Gasteiger partial charge in [0.05, 0.1) is 0 Å². The highest BCUT2D eigenvalue weighted by Crippen LogP contribution is 2.38. The van der Waals surface area contributed by atoms with Crippen molar-refractivity contribution < 1.29 is 0 Å². The first-order valence-electron chi connectivity index (χ1n) is 8.74. The number of nitrogens with zero attached hydrogens (tertiary/aromatic N) is 1. The lowest BCUT2D eigenvalue weighted by Gasteiger charge is -2.17. The fourth-order valence-corrected chi connectivity index (χ4v) is 4.04. The minimum Gasteiger partial charge on any atom is -0.314 e.